The van der Waals surface area contributed by atoms with Crippen LogP contribution < -0.4 is 5.32 Å². The number of fused-ring (bicyclic) bond motifs is 1. The van der Waals surface area contributed by atoms with Crippen molar-refractivity contribution in [2.45, 2.75) is 67.2 Å². The lowest BCUT2D eigenvalue weighted by atomic mass is 9.70. The molecule has 12 nitrogen and oxygen atoms in total. The molecule has 4 saturated heterocycles. The minimum Gasteiger partial charge on any atom is -0.455 e. The molecular weight excluding hydrogens is 708 g/mol. The quantitative estimate of drug-likeness (QED) is 0.0945. The average molecular weight is 760 g/mol. The van der Waals surface area contributed by atoms with Gasteiger partial charge in [-0.2, -0.15) is 0 Å². The minimum absolute atomic E-state index is 0.0405. The zero-order valence-electron chi connectivity index (χ0n) is 28.8. The largest absolute Gasteiger partial charge is 0.455 e. The Morgan fingerprint density at radius 1 is 1.12 bits per heavy atom. The monoisotopic (exact) mass is 758 g/mol. The first-order valence-electron chi connectivity index (χ1n) is 17.8. The molecule has 1 aromatic carbocycles. The van der Waals surface area contributed by atoms with Crippen molar-refractivity contribution in [2.75, 3.05) is 65.6 Å². The molecule has 7 atom stereocenters. The van der Waals surface area contributed by atoms with E-state index in [9.17, 15) is 24.3 Å². The van der Waals surface area contributed by atoms with Gasteiger partial charge >= 0.3 is 5.97 Å². The summed E-state index contributed by atoms with van der Waals surface area (Å²) in [5, 5.41) is 12.2. The Kier molecular flexibility index (Phi) is 13.7. The van der Waals surface area contributed by atoms with Crippen LogP contribution in [0.2, 0.25) is 0 Å². The number of aliphatic hydroxyl groups excluding tert-OH is 1. The number of hydrogen-bond acceptors (Lipinski definition) is 9. The van der Waals surface area contributed by atoms with Gasteiger partial charge in [0.2, 0.25) is 17.7 Å². The van der Waals surface area contributed by atoms with Gasteiger partial charge in [-0.25, -0.2) is 0 Å². The Labute approximate surface area is 303 Å². The smallest absolute Gasteiger partial charge is 0.313 e. The van der Waals surface area contributed by atoms with Gasteiger partial charge in [-0.1, -0.05) is 58.4 Å². The van der Waals surface area contributed by atoms with E-state index in [-0.39, 0.29) is 42.1 Å². The first-order valence-corrected chi connectivity index (χ1v) is 18.7. The molecule has 5 rings (SSSR count). The normalized spacial score (nSPS) is 27.8. The van der Waals surface area contributed by atoms with Crippen molar-refractivity contribution in [2.24, 2.45) is 11.8 Å². The molecule has 1 spiro atoms. The molecule has 1 aromatic rings. The van der Waals surface area contributed by atoms with Crippen LogP contribution in [0.25, 0.3) is 0 Å². The molecule has 13 heteroatoms. The summed E-state index contributed by atoms with van der Waals surface area (Å²) in [7, 11) is 0. The van der Waals surface area contributed by atoms with Gasteiger partial charge in [0.25, 0.3) is 0 Å². The number of allylic oxidation sites excluding steroid dienone is 1. The first kappa shape index (κ1) is 38.1. The van der Waals surface area contributed by atoms with Crippen LogP contribution in [-0.4, -0.2) is 132 Å². The van der Waals surface area contributed by atoms with E-state index in [1.54, 1.807) is 22.0 Å². The minimum atomic E-state index is -1.23. The number of carbonyl (C=O) groups is 4. The molecule has 3 amide bonds. The second-order valence-corrected chi connectivity index (χ2v) is 14.7. The third kappa shape index (κ3) is 8.33. The van der Waals surface area contributed by atoms with Crippen LogP contribution in [-0.2, 0) is 33.4 Å². The number of likely N-dealkylation sites (tertiary alicyclic amines) is 1. The summed E-state index contributed by atoms with van der Waals surface area (Å²) in [4.78, 5) is 61.3. The molecule has 4 heterocycles. The van der Waals surface area contributed by atoms with Gasteiger partial charge in [-0.05, 0) is 37.7 Å². The van der Waals surface area contributed by atoms with Crippen LogP contribution in [0.1, 0.15) is 50.2 Å². The van der Waals surface area contributed by atoms with E-state index in [4.69, 9.17) is 14.2 Å². The van der Waals surface area contributed by atoms with Crippen molar-refractivity contribution in [3.63, 3.8) is 0 Å². The van der Waals surface area contributed by atoms with E-state index >= 15 is 0 Å². The summed E-state index contributed by atoms with van der Waals surface area (Å²) in [5.74, 6) is -3.18. The summed E-state index contributed by atoms with van der Waals surface area (Å²) in [6.07, 6.45) is 4.91. The van der Waals surface area contributed by atoms with E-state index in [0.29, 0.717) is 77.1 Å². The van der Waals surface area contributed by atoms with Crippen molar-refractivity contribution < 1.29 is 38.5 Å². The third-order valence-electron chi connectivity index (χ3n) is 10.3. The maximum atomic E-state index is 14.7. The van der Waals surface area contributed by atoms with Crippen molar-refractivity contribution in [1.82, 2.24) is 20.0 Å². The van der Waals surface area contributed by atoms with Crippen LogP contribution in [0.15, 0.2) is 55.6 Å². The molecule has 50 heavy (non-hydrogen) atoms. The van der Waals surface area contributed by atoms with Crippen molar-refractivity contribution in [3.05, 3.63) is 61.2 Å². The van der Waals surface area contributed by atoms with Gasteiger partial charge in [-0.3, -0.25) is 24.1 Å². The number of hydrogen-bond donors (Lipinski definition) is 2. The number of alkyl halides is 1. The summed E-state index contributed by atoms with van der Waals surface area (Å²) in [6.45, 7) is 12.2. The SMILES string of the molecule is C=CCCC(=O)NC[C@@H](OC(=O)[C@@H]1[C@H]2O[C@@]3(CC2Br)[C@H](C(=O)N(CC=C)CCN2CCOCC2)N(CCCCCO)C(=O)[C@@H]13)c1ccccc1. The first-order chi connectivity index (χ1) is 24.2. The summed E-state index contributed by atoms with van der Waals surface area (Å²) in [6, 6.07) is 8.24. The Hall–Kier alpha value is -3.10. The molecular formula is C37H51BrN4O8. The number of carbonyl (C=O) groups excluding carboxylic acids is 4. The number of unbranched alkanes of at least 4 members (excludes halogenated alkanes) is 2. The van der Waals surface area contributed by atoms with Crippen molar-refractivity contribution in [3.8, 4) is 0 Å². The van der Waals surface area contributed by atoms with Gasteiger partial charge in [0.05, 0.1) is 37.7 Å². The third-order valence-corrected chi connectivity index (χ3v) is 11.1. The number of nitrogens with one attached hydrogen (secondary N) is 1. The number of morpholine rings is 1. The molecule has 1 unspecified atom stereocenters. The molecule has 0 saturated carbocycles. The number of benzene rings is 1. The van der Waals surface area contributed by atoms with Gasteiger partial charge < -0.3 is 34.4 Å². The lowest BCUT2D eigenvalue weighted by Crippen LogP contribution is -2.57. The maximum Gasteiger partial charge on any atom is 0.313 e. The highest BCUT2D eigenvalue weighted by molar-refractivity contribution is 9.09. The van der Waals surface area contributed by atoms with Crippen LogP contribution in [0.4, 0.5) is 0 Å². The van der Waals surface area contributed by atoms with E-state index in [2.05, 4.69) is 39.3 Å². The van der Waals surface area contributed by atoms with Crippen LogP contribution in [0.3, 0.4) is 0 Å². The second-order valence-electron chi connectivity index (χ2n) is 13.5. The topological polar surface area (TPSA) is 138 Å². The molecule has 4 aliphatic rings. The molecule has 2 bridgehead atoms. The zero-order valence-corrected chi connectivity index (χ0v) is 30.3. The predicted molar refractivity (Wildman–Crippen MR) is 190 cm³/mol. The number of nitrogens with zero attached hydrogens (tertiary/aromatic N) is 3. The summed E-state index contributed by atoms with van der Waals surface area (Å²) >= 11 is 3.75. The highest BCUT2D eigenvalue weighted by atomic mass is 79.9. The molecule has 2 N–H and O–H groups in total. The molecule has 0 aromatic heterocycles. The average Bonchev–Trinajstić information content (AvgIpc) is 3.72. The van der Waals surface area contributed by atoms with Gasteiger partial charge in [0.1, 0.15) is 17.7 Å². The number of ether oxygens (including phenoxy) is 3. The molecule has 274 valence electrons. The number of esters is 1. The number of amides is 3. The van der Waals surface area contributed by atoms with Gasteiger partial charge in [0, 0.05) is 57.1 Å². The fourth-order valence-corrected chi connectivity index (χ4v) is 8.78. The van der Waals surface area contributed by atoms with Crippen LogP contribution in [0.5, 0.6) is 0 Å². The number of halogens is 1. The number of rotatable bonds is 19. The maximum absolute atomic E-state index is 14.7. The van der Waals surface area contributed by atoms with Gasteiger partial charge in [-0.15, -0.1) is 13.2 Å². The Morgan fingerprint density at radius 3 is 2.58 bits per heavy atom. The molecule has 4 fully saturated rings. The Bertz CT molecular complexity index is 1360. The summed E-state index contributed by atoms with van der Waals surface area (Å²) in [5.41, 5.74) is -0.525. The highest BCUT2D eigenvalue weighted by Gasteiger charge is 2.77. The summed E-state index contributed by atoms with van der Waals surface area (Å²) < 4.78 is 18.4. The van der Waals surface area contributed by atoms with E-state index in [1.165, 1.54) is 0 Å². The van der Waals surface area contributed by atoms with E-state index in [1.807, 2.05) is 30.3 Å². The van der Waals surface area contributed by atoms with Crippen LogP contribution in [0, 0.1) is 11.8 Å². The van der Waals surface area contributed by atoms with E-state index in [0.717, 1.165) is 13.1 Å². The molecule has 0 radical (unpaired) electrons. The Morgan fingerprint density at radius 2 is 1.88 bits per heavy atom. The predicted octanol–water partition coefficient (Wildman–Crippen LogP) is 2.61. The second kappa shape index (κ2) is 17.9. The fourth-order valence-electron chi connectivity index (χ4n) is 7.84. The fraction of sp³-hybridized carbons (Fsp3) is 0.622. The zero-order chi connectivity index (χ0) is 35.7. The standard InChI is InChI=1S/C37H51BrN4O8/c1-3-5-14-29(44)39-25-28(26-12-8-6-9-13-26)49-36(47)30-31-34(45)42(16-10-7-11-21-43)33(37(31)24-27(38)32(30)50-37)35(46)41(15-4-2)18-17-40-19-22-48-23-20-40/h3-4,6,8-9,12-13,27-28,30-33,43H,1-2,5,7,10-11,14-25H2,(H,39,44)/t27?,28-,30+,31-,32+,33+,37-/m1/s1. The highest BCUT2D eigenvalue weighted by Crippen LogP contribution is 2.60. The van der Waals surface area contributed by atoms with Gasteiger partial charge in [0.15, 0.2) is 0 Å². The molecule has 0 aliphatic carbocycles. The Balaban J connectivity index is 1.41. The van der Waals surface area contributed by atoms with E-state index < -0.39 is 41.7 Å². The van der Waals surface area contributed by atoms with Crippen molar-refractivity contribution in [1.29, 1.82) is 0 Å². The lowest BCUT2D eigenvalue weighted by Gasteiger charge is -2.38. The van der Waals surface area contributed by atoms with Crippen LogP contribution >= 0.6 is 15.9 Å². The van der Waals surface area contributed by atoms with Crippen molar-refractivity contribution >= 4 is 39.6 Å². The molecule has 4 aliphatic heterocycles. The lowest BCUT2D eigenvalue weighted by molar-refractivity contribution is -0.160. The number of aliphatic hydroxyl groups is 1.